The van der Waals surface area contributed by atoms with E-state index in [4.69, 9.17) is 21.6 Å². The van der Waals surface area contributed by atoms with Crippen LogP contribution in [-0.2, 0) is 0 Å². The second-order valence-electron chi connectivity index (χ2n) is 5.21. The molecule has 1 aromatic carbocycles. The number of halogens is 2. The quantitative estimate of drug-likeness (QED) is 0.455. The van der Waals surface area contributed by atoms with Crippen molar-refractivity contribution in [1.82, 2.24) is 15.0 Å². The van der Waals surface area contributed by atoms with Crippen LogP contribution >= 0.6 is 22.9 Å². The summed E-state index contributed by atoms with van der Waals surface area (Å²) in [5.41, 5.74) is 1.56. The molecule has 0 aliphatic carbocycles. The number of nitriles is 1. The van der Waals surface area contributed by atoms with E-state index in [1.165, 1.54) is 23.5 Å². The van der Waals surface area contributed by atoms with Crippen LogP contribution in [0.1, 0.15) is 5.56 Å². The Labute approximate surface area is 156 Å². The Morgan fingerprint density at radius 3 is 2.81 bits per heavy atom. The van der Waals surface area contributed by atoms with Crippen LogP contribution in [0.2, 0.25) is 5.15 Å². The summed E-state index contributed by atoms with van der Waals surface area (Å²) in [6, 6.07) is 11.1. The molecule has 0 atom stereocenters. The minimum atomic E-state index is -0.638. The monoisotopic (exact) mass is 382 g/mol. The van der Waals surface area contributed by atoms with E-state index in [1.807, 2.05) is 17.5 Å². The molecule has 0 aliphatic heterocycles. The first-order chi connectivity index (χ1) is 12.6. The summed E-state index contributed by atoms with van der Waals surface area (Å²) in [5, 5.41) is 11.0. The van der Waals surface area contributed by atoms with Gasteiger partial charge in [-0.1, -0.05) is 11.6 Å². The lowest BCUT2D eigenvalue weighted by molar-refractivity contribution is 0.432. The van der Waals surface area contributed by atoms with E-state index in [1.54, 1.807) is 18.3 Å². The van der Waals surface area contributed by atoms with Crippen LogP contribution in [0.3, 0.4) is 0 Å². The molecule has 0 spiro atoms. The molecule has 0 saturated heterocycles. The maximum Gasteiger partial charge on any atom is 0.241 e. The fourth-order valence-electron chi connectivity index (χ4n) is 2.33. The third kappa shape index (κ3) is 3.08. The van der Waals surface area contributed by atoms with E-state index < -0.39 is 5.82 Å². The molecule has 0 unspecified atom stereocenters. The van der Waals surface area contributed by atoms with E-state index in [2.05, 4.69) is 15.0 Å². The Kier molecular flexibility index (Phi) is 4.21. The average Bonchev–Trinajstić information content (AvgIpc) is 3.12. The molecule has 4 rings (SSSR count). The molecule has 26 heavy (non-hydrogen) atoms. The summed E-state index contributed by atoms with van der Waals surface area (Å²) in [6.45, 7) is 0. The van der Waals surface area contributed by atoms with Gasteiger partial charge in [-0.25, -0.2) is 14.4 Å². The second kappa shape index (κ2) is 6.67. The topological polar surface area (TPSA) is 71.7 Å². The van der Waals surface area contributed by atoms with Gasteiger partial charge in [0.2, 0.25) is 5.88 Å². The second-order valence-corrected chi connectivity index (χ2v) is 6.52. The standard InChI is InChI=1S/C18H8ClFN4OS/c19-15-8-11(3-5-22-15)17-23-13-4-6-26-16(13)18(24-17)25-14-2-1-10(9-21)7-12(14)20/h1-8H. The average molecular weight is 383 g/mol. The van der Waals surface area contributed by atoms with Gasteiger partial charge < -0.3 is 4.74 Å². The van der Waals surface area contributed by atoms with E-state index in [0.717, 1.165) is 6.07 Å². The normalized spacial score (nSPS) is 10.7. The predicted octanol–water partition coefficient (Wildman–Crippen LogP) is 5.21. The van der Waals surface area contributed by atoms with Crippen molar-refractivity contribution in [3.63, 3.8) is 0 Å². The fourth-order valence-corrected chi connectivity index (χ4v) is 3.26. The summed E-state index contributed by atoms with van der Waals surface area (Å²) in [4.78, 5) is 12.9. The first-order valence-corrected chi connectivity index (χ1v) is 8.64. The summed E-state index contributed by atoms with van der Waals surface area (Å²) < 4.78 is 20.6. The zero-order valence-electron chi connectivity index (χ0n) is 13.0. The van der Waals surface area contributed by atoms with Gasteiger partial charge in [-0.05, 0) is 41.8 Å². The first-order valence-electron chi connectivity index (χ1n) is 7.39. The van der Waals surface area contributed by atoms with E-state index >= 15 is 0 Å². The Balaban J connectivity index is 1.82. The van der Waals surface area contributed by atoms with Gasteiger partial charge in [-0.2, -0.15) is 10.2 Å². The number of ether oxygens (including phenoxy) is 1. The summed E-state index contributed by atoms with van der Waals surface area (Å²) in [7, 11) is 0. The van der Waals surface area contributed by atoms with Crippen molar-refractivity contribution in [3.05, 3.63) is 64.5 Å². The van der Waals surface area contributed by atoms with Gasteiger partial charge in [0.05, 0.1) is 17.1 Å². The van der Waals surface area contributed by atoms with Crippen LogP contribution in [-0.4, -0.2) is 15.0 Å². The highest BCUT2D eigenvalue weighted by atomic mass is 35.5. The molecule has 126 valence electrons. The van der Waals surface area contributed by atoms with Crippen LogP contribution in [0.4, 0.5) is 4.39 Å². The van der Waals surface area contributed by atoms with Gasteiger partial charge in [0.1, 0.15) is 9.85 Å². The SMILES string of the molecule is N#Cc1ccc(Oc2nc(-c3ccnc(Cl)c3)nc3ccsc23)c(F)c1. The van der Waals surface area contributed by atoms with E-state index in [-0.39, 0.29) is 17.2 Å². The van der Waals surface area contributed by atoms with Crippen LogP contribution in [0.5, 0.6) is 11.6 Å². The van der Waals surface area contributed by atoms with E-state index in [9.17, 15) is 4.39 Å². The van der Waals surface area contributed by atoms with E-state index in [0.29, 0.717) is 26.8 Å². The molecule has 0 amide bonds. The maximum absolute atomic E-state index is 14.2. The fraction of sp³-hybridized carbons (Fsp3) is 0. The molecule has 0 aliphatic rings. The molecule has 3 heterocycles. The lowest BCUT2D eigenvalue weighted by atomic mass is 10.2. The van der Waals surface area contributed by atoms with Crippen LogP contribution in [0, 0.1) is 17.1 Å². The van der Waals surface area contributed by atoms with Crippen molar-refractivity contribution in [2.24, 2.45) is 0 Å². The Bertz CT molecular complexity index is 1170. The summed E-state index contributed by atoms with van der Waals surface area (Å²) in [6.07, 6.45) is 1.56. The van der Waals surface area contributed by atoms with Crippen molar-refractivity contribution in [2.75, 3.05) is 0 Å². The highest BCUT2D eigenvalue weighted by molar-refractivity contribution is 7.17. The number of fused-ring (bicyclic) bond motifs is 1. The van der Waals surface area contributed by atoms with Gasteiger partial charge in [0, 0.05) is 11.8 Å². The molecule has 8 heteroatoms. The summed E-state index contributed by atoms with van der Waals surface area (Å²) in [5.74, 6) is -0.0298. The van der Waals surface area contributed by atoms with Crippen molar-refractivity contribution >= 4 is 33.2 Å². The number of pyridine rings is 1. The molecule has 3 aromatic heterocycles. The largest absolute Gasteiger partial charge is 0.434 e. The molecule has 4 aromatic rings. The minimum Gasteiger partial charge on any atom is -0.434 e. The molecule has 0 bridgehead atoms. The number of benzene rings is 1. The van der Waals surface area contributed by atoms with Crippen molar-refractivity contribution in [3.8, 4) is 29.1 Å². The molecule has 5 nitrogen and oxygen atoms in total. The summed E-state index contributed by atoms with van der Waals surface area (Å²) >= 11 is 7.33. The molecular weight excluding hydrogens is 375 g/mol. The molecule has 0 saturated carbocycles. The Morgan fingerprint density at radius 1 is 1.15 bits per heavy atom. The third-order valence-electron chi connectivity index (χ3n) is 3.52. The van der Waals surface area contributed by atoms with Crippen molar-refractivity contribution in [1.29, 1.82) is 5.26 Å². The van der Waals surface area contributed by atoms with Gasteiger partial charge in [-0.3, -0.25) is 0 Å². The van der Waals surface area contributed by atoms with Gasteiger partial charge in [0.25, 0.3) is 0 Å². The smallest absolute Gasteiger partial charge is 0.241 e. The zero-order valence-corrected chi connectivity index (χ0v) is 14.6. The number of hydrogen-bond acceptors (Lipinski definition) is 6. The highest BCUT2D eigenvalue weighted by Crippen LogP contribution is 2.34. The maximum atomic E-state index is 14.2. The predicted molar refractivity (Wildman–Crippen MR) is 96.8 cm³/mol. The molecule has 0 radical (unpaired) electrons. The number of rotatable bonds is 3. The number of nitrogens with zero attached hydrogens (tertiary/aromatic N) is 4. The van der Waals surface area contributed by atoms with Gasteiger partial charge >= 0.3 is 0 Å². The minimum absolute atomic E-state index is 0.0175. The number of hydrogen-bond donors (Lipinski definition) is 0. The van der Waals surface area contributed by atoms with Crippen molar-refractivity contribution < 1.29 is 9.13 Å². The van der Waals surface area contributed by atoms with Gasteiger partial charge in [0.15, 0.2) is 17.4 Å². The van der Waals surface area contributed by atoms with Crippen molar-refractivity contribution in [2.45, 2.75) is 0 Å². The first kappa shape index (κ1) is 16.4. The Hall–Kier alpha value is -3.08. The third-order valence-corrected chi connectivity index (χ3v) is 4.62. The lowest BCUT2D eigenvalue weighted by Crippen LogP contribution is -1.96. The number of aromatic nitrogens is 3. The zero-order chi connectivity index (χ0) is 18.1. The van der Waals surface area contributed by atoms with Crippen LogP contribution < -0.4 is 4.74 Å². The molecular formula is C18H8ClFN4OS. The van der Waals surface area contributed by atoms with Crippen LogP contribution in [0.25, 0.3) is 21.6 Å². The Morgan fingerprint density at radius 2 is 2.04 bits per heavy atom. The lowest BCUT2D eigenvalue weighted by Gasteiger charge is -2.09. The number of thiophene rings is 1. The molecule has 0 N–H and O–H groups in total. The van der Waals surface area contributed by atoms with Gasteiger partial charge in [-0.15, -0.1) is 11.3 Å². The van der Waals surface area contributed by atoms with Crippen LogP contribution in [0.15, 0.2) is 48.0 Å². The highest BCUT2D eigenvalue weighted by Gasteiger charge is 2.15. The molecule has 0 fully saturated rings.